The number of hydrogen-bond donors (Lipinski definition) is 0. The minimum atomic E-state index is 0.882. The number of fused-ring (bicyclic) bond motifs is 3. The highest BCUT2D eigenvalue weighted by Gasteiger charge is 2.31. The first kappa shape index (κ1) is 18.0. The predicted molar refractivity (Wildman–Crippen MR) is 129 cm³/mol. The fourth-order valence-corrected chi connectivity index (χ4v) is 4.79. The molecule has 0 saturated heterocycles. The summed E-state index contributed by atoms with van der Waals surface area (Å²) < 4.78 is 0. The number of hydrogen-bond acceptors (Lipinski definition) is 2. The van der Waals surface area contributed by atoms with Gasteiger partial charge in [0.15, 0.2) is 0 Å². The van der Waals surface area contributed by atoms with Crippen LogP contribution in [0.25, 0.3) is 11.1 Å². The number of rotatable bonds is 1. The van der Waals surface area contributed by atoms with Crippen LogP contribution in [-0.4, -0.2) is 11.4 Å². The molecule has 4 aromatic carbocycles. The summed E-state index contributed by atoms with van der Waals surface area (Å²) in [5, 5.41) is 0. The van der Waals surface area contributed by atoms with Crippen LogP contribution in [0.15, 0.2) is 94.9 Å². The Kier molecular flexibility index (Phi) is 4.00. The Hall–Kier alpha value is -3.78. The van der Waals surface area contributed by atoms with Crippen LogP contribution >= 0.6 is 0 Å². The zero-order valence-corrected chi connectivity index (χ0v) is 17.7. The molecule has 0 radical (unpaired) electrons. The van der Waals surface area contributed by atoms with E-state index in [1.807, 2.05) is 0 Å². The van der Waals surface area contributed by atoms with E-state index < -0.39 is 0 Å². The van der Waals surface area contributed by atoms with Gasteiger partial charge in [0.25, 0.3) is 0 Å². The molecule has 0 spiro atoms. The first-order valence-electron chi connectivity index (χ1n) is 10.7. The lowest BCUT2D eigenvalue weighted by Crippen LogP contribution is -2.24. The van der Waals surface area contributed by atoms with Crippen LogP contribution in [0.2, 0.25) is 0 Å². The highest BCUT2D eigenvalue weighted by molar-refractivity contribution is 6.58. The molecule has 1 aliphatic carbocycles. The lowest BCUT2D eigenvalue weighted by atomic mass is 9.80. The van der Waals surface area contributed by atoms with E-state index in [0.717, 1.165) is 40.3 Å². The summed E-state index contributed by atoms with van der Waals surface area (Å²) in [7, 11) is 0. The Morgan fingerprint density at radius 2 is 1.32 bits per heavy atom. The Balaban J connectivity index is 1.74. The van der Waals surface area contributed by atoms with Gasteiger partial charge in [0.2, 0.25) is 0 Å². The van der Waals surface area contributed by atoms with E-state index in [1.54, 1.807) is 0 Å². The Morgan fingerprint density at radius 1 is 0.645 bits per heavy atom. The lowest BCUT2D eigenvalue weighted by molar-refractivity contribution is 1.18. The molecule has 0 fully saturated rings. The van der Waals surface area contributed by atoms with Crippen molar-refractivity contribution in [3.05, 3.63) is 118 Å². The number of aryl methyl sites for hydroxylation is 2. The van der Waals surface area contributed by atoms with Gasteiger partial charge >= 0.3 is 0 Å². The monoisotopic (exact) mass is 398 g/mol. The maximum Gasteiger partial charge on any atom is 0.0981 e. The van der Waals surface area contributed by atoms with Gasteiger partial charge in [-0.25, -0.2) is 9.98 Å². The van der Waals surface area contributed by atoms with Crippen molar-refractivity contribution in [1.29, 1.82) is 0 Å². The second-order valence-corrected chi connectivity index (χ2v) is 8.35. The largest absolute Gasteiger partial charge is 0.246 e. The first-order valence-corrected chi connectivity index (χ1v) is 10.7. The van der Waals surface area contributed by atoms with Gasteiger partial charge in [-0.2, -0.15) is 0 Å². The average Bonchev–Trinajstić information content (AvgIpc) is 2.96. The predicted octanol–water partition coefficient (Wildman–Crippen LogP) is 7.13. The fourth-order valence-electron chi connectivity index (χ4n) is 4.79. The zero-order chi connectivity index (χ0) is 20.9. The summed E-state index contributed by atoms with van der Waals surface area (Å²) in [6.07, 6.45) is 0.882. The van der Waals surface area contributed by atoms with Crippen LogP contribution in [0.4, 0.5) is 11.4 Å². The summed E-state index contributed by atoms with van der Waals surface area (Å²) in [6, 6.07) is 30.0. The van der Waals surface area contributed by atoms with Gasteiger partial charge in [0.1, 0.15) is 0 Å². The summed E-state index contributed by atoms with van der Waals surface area (Å²) in [4.78, 5) is 10.5. The van der Waals surface area contributed by atoms with Crippen molar-refractivity contribution in [3.8, 4) is 11.1 Å². The minimum Gasteiger partial charge on any atom is -0.246 e. The second-order valence-electron chi connectivity index (χ2n) is 8.35. The highest BCUT2D eigenvalue weighted by Crippen LogP contribution is 2.41. The highest BCUT2D eigenvalue weighted by atomic mass is 14.8. The number of aliphatic imine (C=N–C) groups is 2. The van der Waals surface area contributed by atoms with Crippen molar-refractivity contribution in [2.24, 2.45) is 9.98 Å². The molecule has 31 heavy (non-hydrogen) atoms. The lowest BCUT2D eigenvalue weighted by Gasteiger charge is -2.25. The smallest absolute Gasteiger partial charge is 0.0981 e. The molecule has 2 heteroatoms. The first-order chi connectivity index (χ1) is 15.2. The molecule has 6 rings (SSSR count). The van der Waals surface area contributed by atoms with Crippen molar-refractivity contribution < 1.29 is 0 Å². The molecule has 0 saturated carbocycles. The number of nitrogens with zero attached hydrogens (tertiary/aromatic N) is 2. The maximum absolute atomic E-state index is 5.30. The second kappa shape index (κ2) is 6.88. The molecule has 2 nitrogen and oxygen atoms in total. The molecule has 0 bridgehead atoms. The van der Waals surface area contributed by atoms with Gasteiger partial charge in [-0.05, 0) is 53.3 Å². The third kappa shape index (κ3) is 2.79. The van der Waals surface area contributed by atoms with Crippen molar-refractivity contribution in [3.63, 3.8) is 0 Å². The summed E-state index contributed by atoms with van der Waals surface area (Å²) in [6.45, 7) is 4.26. The molecular formula is C29H22N2. The third-order valence-electron chi connectivity index (χ3n) is 6.36. The minimum absolute atomic E-state index is 0.882. The van der Waals surface area contributed by atoms with E-state index in [2.05, 4.69) is 98.8 Å². The summed E-state index contributed by atoms with van der Waals surface area (Å²) in [5.74, 6) is 0. The van der Waals surface area contributed by atoms with Crippen LogP contribution < -0.4 is 0 Å². The molecule has 148 valence electrons. The number of para-hydroxylation sites is 2. The number of benzene rings is 4. The maximum atomic E-state index is 5.30. The van der Waals surface area contributed by atoms with Gasteiger partial charge in [-0.1, -0.05) is 78.9 Å². The Bertz CT molecular complexity index is 1420. The van der Waals surface area contributed by atoms with Crippen LogP contribution in [-0.2, 0) is 6.42 Å². The van der Waals surface area contributed by atoms with E-state index in [4.69, 9.17) is 9.98 Å². The topological polar surface area (TPSA) is 24.7 Å². The molecule has 1 heterocycles. The average molecular weight is 399 g/mol. The molecule has 4 aromatic rings. The molecule has 0 unspecified atom stereocenters. The van der Waals surface area contributed by atoms with Crippen LogP contribution in [0.3, 0.4) is 0 Å². The van der Waals surface area contributed by atoms with Crippen molar-refractivity contribution in [1.82, 2.24) is 0 Å². The molecule has 0 atom stereocenters. The van der Waals surface area contributed by atoms with Gasteiger partial charge in [0, 0.05) is 17.5 Å². The molecule has 0 N–H and O–H groups in total. The van der Waals surface area contributed by atoms with E-state index in [-0.39, 0.29) is 0 Å². The van der Waals surface area contributed by atoms with Gasteiger partial charge in [-0.3, -0.25) is 0 Å². The van der Waals surface area contributed by atoms with Crippen molar-refractivity contribution >= 4 is 22.8 Å². The van der Waals surface area contributed by atoms with Gasteiger partial charge in [0.05, 0.1) is 22.8 Å². The molecule has 0 aromatic heterocycles. The molecule has 0 amide bonds. The summed E-state index contributed by atoms with van der Waals surface area (Å²) >= 11 is 0. The van der Waals surface area contributed by atoms with Crippen molar-refractivity contribution in [2.75, 3.05) is 0 Å². The summed E-state index contributed by atoms with van der Waals surface area (Å²) in [5.41, 5.74) is 13.8. The SMILES string of the molecule is Cc1ccccc1N=C1C2=Nc3c(C)cccc3Cc3cccc(c32)-c2ccccc21. The van der Waals surface area contributed by atoms with Gasteiger partial charge < -0.3 is 0 Å². The molecule has 1 aliphatic heterocycles. The van der Waals surface area contributed by atoms with Crippen LogP contribution in [0, 0.1) is 13.8 Å². The molecule has 2 aliphatic rings. The third-order valence-corrected chi connectivity index (χ3v) is 6.36. The van der Waals surface area contributed by atoms with E-state index in [9.17, 15) is 0 Å². The molecular weight excluding hydrogens is 376 g/mol. The van der Waals surface area contributed by atoms with Crippen LogP contribution in [0.1, 0.15) is 33.4 Å². The standard InChI is InChI=1S/C29H22N2/c1-18-9-3-6-16-25(18)30-28-24-14-5-4-13-22(24)23-15-8-11-20-17-21-12-7-10-19(2)27(21)31-29(28)26(20)23/h3-16H,17H2,1-2H3. The Labute approximate surface area is 182 Å². The van der Waals surface area contributed by atoms with Crippen molar-refractivity contribution in [2.45, 2.75) is 20.3 Å². The van der Waals surface area contributed by atoms with E-state index in [0.29, 0.717) is 0 Å². The van der Waals surface area contributed by atoms with Crippen LogP contribution in [0.5, 0.6) is 0 Å². The Morgan fingerprint density at radius 3 is 2.19 bits per heavy atom. The quantitative estimate of drug-likeness (QED) is 0.326. The normalized spacial score (nSPS) is 14.9. The van der Waals surface area contributed by atoms with E-state index >= 15 is 0 Å². The fraction of sp³-hybridized carbons (Fsp3) is 0.103. The zero-order valence-electron chi connectivity index (χ0n) is 17.7. The van der Waals surface area contributed by atoms with E-state index in [1.165, 1.54) is 33.4 Å². The van der Waals surface area contributed by atoms with Gasteiger partial charge in [-0.15, -0.1) is 0 Å².